The molecule has 0 saturated heterocycles. The maximum absolute atomic E-state index is 12.9. The monoisotopic (exact) mass is 182 g/mol. The summed E-state index contributed by atoms with van der Waals surface area (Å²) in [6.45, 7) is 1.85. The third kappa shape index (κ3) is 1.18. The minimum atomic E-state index is -1.01. The molecule has 1 aromatic heterocycles. The molecule has 0 aliphatic heterocycles. The van der Waals surface area contributed by atoms with Crippen molar-refractivity contribution in [2.24, 2.45) is 0 Å². The molecule has 62 valence electrons. The van der Waals surface area contributed by atoms with Crippen molar-refractivity contribution in [3.8, 4) is 0 Å². The van der Waals surface area contributed by atoms with E-state index in [1.165, 1.54) is 6.08 Å². The number of rotatable bonds is 0. The number of halogens is 1. The van der Waals surface area contributed by atoms with Crippen LogP contribution in [0.4, 0.5) is 4.39 Å². The number of hydrogen-bond acceptors (Lipinski definition) is 3. The lowest BCUT2D eigenvalue weighted by Gasteiger charge is -1.94. The Morgan fingerprint density at radius 2 is 2.33 bits per heavy atom. The molecule has 0 aromatic carbocycles. The smallest absolute Gasteiger partial charge is 0.137 e. The highest BCUT2D eigenvalue weighted by Gasteiger charge is 2.12. The molecule has 1 aliphatic carbocycles. The Bertz CT molecular complexity index is 354. The van der Waals surface area contributed by atoms with Crippen LogP contribution < -0.4 is 0 Å². The fourth-order valence-electron chi connectivity index (χ4n) is 1.13. The quantitative estimate of drug-likeness (QED) is 0.615. The topological polar surface area (TPSA) is 25.8 Å². The van der Waals surface area contributed by atoms with Crippen molar-refractivity contribution in [3.05, 3.63) is 23.5 Å². The first-order valence-corrected chi connectivity index (χ1v) is 4.34. The summed E-state index contributed by atoms with van der Waals surface area (Å²) in [4.78, 5) is 0. The van der Waals surface area contributed by atoms with Crippen LogP contribution in [0.3, 0.4) is 0 Å². The van der Waals surface area contributed by atoms with Gasteiger partial charge in [0.05, 0.1) is 11.7 Å². The molecule has 12 heavy (non-hydrogen) atoms. The molecule has 4 heteroatoms. The van der Waals surface area contributed by atoms with Crippen LogP contribution in [0, 0.1) is 0 Å². The van der Waals surface area contributed by atoms with Crippen LogP contribution in [0.2, 0.25) is 0 Å². The summed E-state index contributed by atoms with van der Waals surface area (Å²) >= 11 is 1.16. The molecule has 0 saturated carbocycles. The number of hydrogen-bond donors (Lipinski definition) is 0. The molecule has 2 nitrogen and oxygen atoms in total. The zero-order chi connectivity index (χ0) is 8.55. The fourth-order valence-corrected chi connectivity index (χ4v) is 1.73. The molecule has 1 unspecified atom stereocenters. The first kappa shape index (κ1) is 7.61. The zero-order valence-electron chi connectivity index (χ0n) is 6.49. The Morgan fingerprint density at radius 3 is 3.17 bits per heavy atom. The highest BCUT2D eigenvalue weighted by molar-refractivity contribution is 6.99. The minimum absolute atomic E-state index is 0.772. The van der Waals surface area contributed by atoms with Crippen LogP contribution in [-0.4, -0.2) is 14.9 Å². The van der Waals surface area contributed by atoms with Gasteiger partial charge in [-0.15, -0.1) is 0 Å². The molecule has 2 rings (SSSR count). The molecular formula is C8H7FN2S. The summed E-state index contributed by atoms with van der Waals surface area (Å²) in [5, 5.41) is 0. The Balaban J connectivity index is 2.55. The van der Waals surface area contributed by atoms with Gasteiger partial charge < -0.3 is 0 Å². The third-order valence-electron chi connectivity index (χ3n) is 1.73. The maximum atomic E-state index is 12.9. The summed E-state index contributed by atoms with van der Waals surface area (Å²) in [5.74, 6) is 0. The minimum Gasteiger partial charge on any atom is -0.238 e. The molecule has 1 aliphatic rings. The van der Waals surface area contributed by atoms with Gasteiger partial charge in [0.2, 0.25) is 0 Å². The van der Waals surface area contributed by atoms with Gasteiger partial charge in [0.1, 0.15) is 17.6 Å². The van der Waals surface area contributed by atoms with Crippen molar-refractivity contribution in [2.75, 3.05) is 0 Å². The summed E-state index contributed by atoms with van der Waals surface area (Å²) in [6.07, 6.45) is 3.70. The molecule has 0 N–H and O–H groups in total. The zero-order valence-corrected chi connectivity index (χ0v) is 7.31. The molecule has 0 radical (unpaired) electrons. The van der Waals surface area contributed by atoms with Crippen LogP contribution >= 0.6 is 11.7 Å². The Kier molecular flexibility index (Phi) is 1.77. The summed E-state index contributed by atoms with van der Waals surface area (Å²) in [5.41, 5.74) is 2.43. The summed E-state index contributed by atoms with van der Waals surface area (Å²) in [7, 11) is 0. The van der Waals surface area contributed by atoms with E-state index in [1.807, 2.05) is 6.92 Å². The predicted octanol–water partition coefficient (Wildman–Crippen LogP) is 2.31. The van der Waals surface area contributed by atoms with E-state index in [9.17, 15) is 4.39 Å². The van der Waals surface area contributed by atoms with Crippen LogP contribution in [0.25, 0.3) is 11.6 Å². The van der Waals surface area contributed by atoms with Crippen molar-refractivity contribution in [1.29, 1.82) is 0 Å². The van der Waals surface area contributed by atoms with Crippen LogP contribution in [0.15, 0.2) is 12.2 Å². The van der Waals surface area contributed by atoms with Crippen LogP contribution in [-0.2, 0) is 0 Å². The summed E-state index contributed by atoms with van der Waals surface area (Å²) in [6, 6.07) is 0. The van der Waals surface area contributed by atoms with Crippen molar-refractivity contribution in [1.82, 2.24) is 8.75 Å². The lowest BCUT2D eigenvalue weighted by molar-refractivity contribution is 0.471. The van der Waals surface area contributed by atoms with Gasteiger partial charge >= 0.3 is 0 Å². The molecular weight excluding hydrogens is 175 g/mol. The largest absolute Gasteiger partial charge is 0.238 e. The molecule has 0 spiro atoms. The predicted molar refractivity (Wildman–Crippen MR) is 47.5 cm³/mol. The van der Waals surface area contributed by atoms with E-state index in [0.29, 0.717) is 0 Å². The van der Waals surface area contributed by atoms with Gasteiger partial charge in [0.25, 0.3) is 0 Å². The first-order chi connectivity index (χ1) is 5.77. The second-order valence-electron chi connectivity index (χ2n) is 2.65. The standard InChI is InChI=1S/C8H7FN2S/c1-5-4-6(9)2-3-7-8(5)11-12-10-7/h2-4,6H,1H3. The van der Waals surface area contributed by atoms with E-state index in [-0.39, 0.29) is 0 Å². The molecule has 0 amide bonds. The number of aromatic nitrogens is 2. The van der Waals surface area contributed by atoms with Gasteiger partial charge in [0.15, 0.2) is 0 Å². The Hall–Kier alpha value is -1.03. The average Bonchev–Trinajstić information content (AvgIpc) is 2.43. The average molecular weight is 182 g/mol. The second kappa shape index (κ2) is 2.79. The van der Waals surface area contributed by atoms with E-state index in [2.05, 4.69) is 8.75 Å². The van der Waals surface area contributed by atoms with E-state index in [0.717, 1.165) is 28.7 Å². The third-order valence-corrected chi connectivity index (χ3v) is 2.28. The molecule has 1 atom stereocenters. The van der Waals surface area contributed by atoms with Crippen molar-refractivity contribution in [2.45, 2.75) is 13.1 Å². The summed E-state index contributed by atoms with van der Waals surface area (Å²) < 4.78 is 21.0. The lowest BCUT2D eigenvalue weighted by atomic mass is 10.2. The van der Waals surface area contributed by atoms with Crippen molar-refractivity contribution < 1.29 is 4.39 Å². The molecule has 0 bridgehead atoms. The van der Waals surface area contributed by atoms with E-state index < -0.39 is 6.17 Å². The van der Waals surface area contributed by atoms with Crippen molar-refractivity contribution >= 4 is 23.4 Å². The van der Waals surface area contributed by atoms with Crippen molar-refractivity contribution in [3.63, 3.8) is 0 Å². The number of nitrogens with zero attached hydrogens (tertiary/aromatic N) is 2. The maximum Gasteiger partial charge on any atom is 0.137 e. The van der Waals surface area contributed by atoms with Crippen LogP contribution in [0.1, 0.15) is 18.3 Å². The SMILES string of the molecule is CC1=CC(F)C=Cc2nsnc21. The van der Waals surface area contributed by atoms with Crippen LogP contribution in [0.5, 0.6) is 0 Å². The van der Waals surface area contributed by atoms with Gasteiger partial charge in [-0.25, -0.2) is 4.39 Å². The molecule has 1 heterocycles. The lowest BCUT2D eigenvalue weighted by Crippen LogP contribution is -1.87. The Labute approximate surface area is 73.8 Å². The second-order valence-corrected chi connectivity index (χ2v) is 3.18. The highest BCUT2D eigenvalue weighted by atomic mass is 32.1. The number of allylic oxidation sites excluding steroid dienone is 3. The van der Waals surface area contributed by atoms with Gasteiger partial charge in [-0.05, 0) is 30.7 Å². The van der Waals surface area contributed by atoms with E-state index >= 15 is 0 Å². The van der Waals surface area contributed by atoms with Gasteiger partial charge in [0, 0.05) is 0 Å². The first-order valence-electron chi connectivity index (χ1n) is 3.61. The van der Waals surface area contributed by atoms with Gasteiger partial charge in [-0.1, -0.05) is 0 Å². The fraction of sp³-hybridized carbons (Fsp3) is 0.250. The normalized spacial score (nSPS) is 21.5. The van der Waals surface area contributed by atoms with Gasteiger partial charge in [-0.2, -0.15) is 8.75 Å². The van der Waals surface area contributed by atoms with Gasteiger partial charge in [-0.3, -0.25) is 0 Å². The molecule has 0 fully saturated rings. The van der Waals surface area contributed by atoms with E-state index in [1.54, 1.807) is 12.2 Å². The number of fused-ring (bicyclic) bond motifs is 1. The van der Waals surface area contributed by atoms with E-state index in [4.69, 9.17) is 0 Å². The number of alkyl halides is 1. The molecule has 1 aromatic rings. The highest BCUT2D eigenvalue weighted by Crippen LogP contribution is 2.22. The Morgan fingerprint density at radius 1 is 1.50 bits per heavy atom.